The molecular weight excluding hydrogens is 399 g/mol. The van der Waals surface area contributed by atoms with E-state index in [1.165, 1.54) is 12.1 Å². The van der Waals surface area contributed by atoms with Crippen LogP contribution in [0.5, 0.6) is 5.75 Å². The SMILES string of the molecule is NC(=O)CC1(COc2ccc(Cl)cc2)CN(C(=O)Cc2ccc(F)cc2)CCO1. The van der Waals surface area contributed by atoms with Gasteiger partial charge >= 0.3 is 0 Å². The summed E-state index contributed by atoms with van der Waals surface area (Å²) in [5.74, 6) is -0.471. The van der Waals surface area contributed by atoms with Crippen LogP contribution in [0.15, 0.2) is 48.5 Å². The monoisotopic (exact) mass is 420 g/mol. The summed E-state index contributed by atoms with van der Waals surface area (Å²) in [4.78, 5) is 26.0. The van der Waals surface area contributed by atoms with Gasteiger partial charge in [-0.05, 0) is 42.0 Å². The predicted molar refractivity (Wildman–Crippen MR) is 106 cm³/mol. The van der Waals surface area contributed by atoms with Gasteiger partial charge in [-0.25, -0.2) is 4.39 Å². The van der Waals surface area contributed by atoms with Crippen molar-refractivity contribution in [3.05, 3.63) is 64.9 Å². The molecule has 154 valence electrons. The molecule has 6 nitrogen and oxygen atoms in total. The Morgan fingerprint density at radius 2 is 1.86 bits per heavy atom. The van der Waals surface area contributed by atoms with Crippen molar-refractivity contribution < 1.29 is 23.5 Å². The van der Waals surface area contributed by atoms with Gasteiger partial charge in [0.25, 0.3) is 0 Å². The first-order chi connectivity index (χ1) is 13.8. The fourth-order valence-electron chi connectivity index (χ4n) is 3.25. The minimum Gasteiger partial charge on any atom is -0.490 e. The van der Waals surface area contributed by atoms with Crippen molar-refractivity contribution in [1.29, 1.82) is 0 Å². The summed E-state index contributed by atoms with van der Waals surface area (Å²) in [7, 11) is 0. The number of rotatable bonds is 7. The van der Waals surface area contributed by atoms with Crippen molar-refractivity contribution in [1.82, 2.24) is 4.90 Å². The number of benzene rings is 2. The third-order valence-electron chi connectivity index (χ3n) is 4.68. The van der Waals surface area contributed by atoms with Gasteiger partial charge in [-0.15, -0.1) is 0 Å². The zero-order chi connectivity index (χ0) is 20.9. The van der Waals surface area contributed by atoms with Crippen LogP contribution in [0, 0.1) is 5.82 Å². The summed E-state index contributed by atoms with van der Waals surface area (Å²) in [6.07, 6.45) is 0.0475. The fraction of sp³-hybridized carbons (Fsp3) is 0.333. The Kier molecular flexibility index (Phi) is 6.71. The third-order valence-corrected chi connectivity index (χ3v) is 4.93. The molecule has 0 spiro atoms. The molecule has 1 unspecified atom stereocenters. The van der Waals surface area contributed by atoms with Crippen molar-refractivity contribution in [3.63, 3.8) is 0 Å². The number of morpholine rings is 1. The Bertz CT molecular complexity index is 860. The molecule has 0 radical (unpaired) electrons. The Labute approximate surface area is 173 Å². The second kappa shape index (κ2) is 9.24. The predicted octanol–water partition coefficient (Wildman–Crippen LogP) is 2.57. The van der Waals surface area contributed by atoms with Gasteiger partial charge in [0, 0.05) is 11.6 Å². The average Bonchev–Trinajstić information content (AvgIpc) is 2.69. The number of amides is 2. The first kappa shape index (κ1) is 21.1. The zero-order valence-corrected chi connectivity index (χ0v) is 16.5. The van der Waals surface area contributed by atoms with Crippen LogP contribution < -0.4 is 10.5 Å². The standard InChI is InChI=1S/C21H22ClFN2O4/c22-16-3-7-18(8-4-16)28-14-21(12-19(24)26)13-25(9-10-29-21)20(27)11-15-1-5-17(23)6-2-15/h1-8H,9-14H2,(H2,24,26). The van der Waals surface area contributed by atoms with Crippen LogP contribution in [0.1, 0.15) is 12.0 Å². The second-order valence-electron chi connectivity index (χ2n) is 7.04. The quantitative estimate of drug-likeness (QED) is 0.746. The van der Waals surface area contributed by atoms with Gasteiger partial charge in [-0.1, -0.05) is 23.7 Å². The van der Waals surface area contributed by atoms with E-state index in [4.69, 9.17) is 26.8 Å². The summed E-state index contributed by atoms with van der Waals surface area (Å²) in [5, 5.41) is 0.579. The van der Waals surface area contributed by atoms with Crippen LogP contribution in [0.4, 0.5) is 4.39 Å². The van der Waals surface area contributed by atoms with Gasteiger partial charge in [0.15, 0.2) is 0 Å². The normalized spacial score (nSPS) is 19.0. The Morgan fingerprint density at radius 3 is 2.52 bits per heavy atom. The van der Waals surface area contributed by atoms with Crippen LogP contribution in [-0.4, -0.2) is 48.6 Å². The molecule has 2 aromatic carbocycles. The zero-order valence-electron chi connectivity index (χ0n) is 15.8. The smallest absolute Gasteiger partial charge is 0.227 e. The highest BCUT2D eigenvalue weighted by Gasteiger charge is 2.40. The lowest BCUT2D eigenvalue weighted by atomic mass is 9.97. The summed E-state index contributed by atoms with van der Waals surface area (Å²) < 4.78 is 24.7. The van der Waals surface area contributed by atoms with E-state index in [0.717, 1.165) is 0 Å². The van der Waals surface area contributed by atoms with Gasteiger partial charge in [-0.2, -0.15) is 0 Å². The van der Waals surface area contributed by atoms with E-state index in [1.54, 1.807) is 41.3 Å². The molecule has 3 rings (SSSR count). The maximum absolute atomic E-state index is 13.1. The van der Waals surface area contributed by atoms with E-state index in [2.05, 4.69) is 0 Å². The van der Waals surface area contributed by atoms with Crippen LogP contribution in [0.3, 0.4) is 0 Å². The van der Waals surface area contributed by atoms with E-state index in [1.807, 2.05) is 0 Å². The molecule has 29 heavy (non-hydrogen) atoms. The number of halogens is 2. The molecule has 1 aliphatic heterocycles. The lowest BCUT2D eigenvalue weighted by Crippen LogP contribution is -2.58. The number of carbonyl (C=O) groups is 2. The molecule has 2 aromatic rings. The molecular formula is C21H22ClFN2O4. The maximum Gasteiger partial charge on any atom is 0.227 e. The van der Waals surface area contributed by atoms with Crippen molar-refractivity contribution >= 4 is 23.4 Å². The summed E-state index contributed by atoms with van der Waals surface area (Å²) >= 11 is 5.88. The maximum atomic E-state index is 13.1. The number of carbonyl (C=O) groups excluding carboxylic acids is 2. The van der Waals surface area contributed by atoms with Crippen LogP contribution in [-0.2, 0) is 20.7 Å². The Balaban J connectivity index is 1.69. The molecule has 2 N–H and O–H groups in total. The molecule has 0 aromatic heterocycles. The first-order valence-corrected chi connectivity index (χ1v) is 9.56. The van der Waals surface area contributed by atoms with Crippen molar-refractivity contribution in [2.24, 2.45) is 5.73 Å². The average molecular weight is 421 g/mol. The number of hydrogen-bond donors (Lipinski definition) is 1. The fourth-order valence-corrected chi connectivity index (χ4v) is 3.38. The van der Waals surface area contributed by atoms with Crippen molar-refractivity contribution in [3.8, 4) is 5.75 Å². The van der Waals surface area contributed by atoms with Gasteiger partial charge < -0.3 is 20.1 Å². The molecule has 8 heteroatoms. The van der Waals surface area contributed by atoms with Gasteiger partial charge in [0.05, 0.1) is 26.0 Å². The molecule has 1 aliphatic rings. The summed E-state index contributed by atoms with van der Waals surface area (Å²) in [5.41, 5.74) is 5.10. The topological polar surface area (TPSA) is 81.9 Å². The van der Waals surface area contributed by atoms with E-state index in [0.29, 0.717) is 22.9 Å². The Hall–Kier alpha value is -2.64. The lowest BCUT2D eigenvalue weighted by Gasteiger charge is -2.42. The van der Waals surface area contributed by atoms with Crippen molar-refractivity contribution in [2.75, 3.05) is 26.3 Å². The van der Waals surface area contributed by atoms with E-state index >= 15 is 0 Å². The Morgan fingerprint density at radius 1 is 1.17 bits per heavy atom. The molecule has 1 fully saturated rings. The highest BCUT2D eigenvalue weighted by molar-refractivity contribution is 6.30. The highest BCUT2D eigenvalue weighted by atomic mass is 35.5. The summed E-state index contributed by atoms with van der Waals surface area (Å²) in [6.45, 7) is 0.870. The second-order valence-corrected chi connectivity index (χ2v) is 7.47. The molecule has 1 heterocycles. The lowest BCUT2D eigenvalue weighted by molar-refractivity contribution is -0.161. The summed E-state index contributed by atoms with van der Waals surface area (Å²) in [6, 6.07) is 12.6. The van der Waals surface area contributed by atoms with E-state index in [9.17, 15) is 14.0 Å². The molecule has 0 aliphatic carbocycles. The van der Waals surface area contributed by atoms with Crippen molar-refractivity contribution in [2.45, 2.75) is 18.4 Å². The number of ether oxygens (including phenoxy) is 2. The largest absolute Gasteiger partial charge is 0.490 e. The minimum absolute atomic E-state index is 0.0535. The van der Waals surface area contributed by atoms with Gasteiger partial charge in [0.1, 0.15) is 23.8 Å². The molecule has 0 bridgehead atoms. The number of nitrogens with two attached hydrogens (primary N) is 1. The van der Waals surface area contributed by atoms with E-state index < -0.39 is 11.5 Å². The number of primary amides is 1. The van der Waals surface area contributed by atoms with Gasteiger partial charge in [0.2, 0.25) is 11.8 Å². The minimum atomic E-state index is -1.04. The van der Waals surface area contributed by atoms with Crippen LogP contribution >= 0.6 is 11.6 Å². The molecule has 2 amide bonds. The first-order valence-electron chi connectivity index (χ1n) is 9.18. The van der Waals surface area contributed by atoms with Crippen LogP contribution in [0.2, 0.25) is 5.02 Å². The number of hydrogen-bond acceptors (Lipinski definition) is 4. The van der Waals surface area contributed by atoms with Crippen LogP contribution in [0.25, 0.3) is 0 Å². The van der Waals surface area contributed by atoms with E-state index in [-0.39, 0.29) is 44.3 Å². The third kappa shape index (κ3) is 5.92. The number of nitrogens with zero attached hydrogens (tertiary/aromatic N) is 1. The highest BCUT2D eigenvalue weighted by Crippen LogP contribution is 2.25. The van der Waals surface area contributed by atoms with Gasteiger partial charge in [-0.3, -0.25) is 9.59 Å². The molecule has 0 saturated carbocycles. The molecule has 1 atom stereocenters. The molecule has 1 saturated heterocycles.